The predicted molar refractivity (Wildman–Crippen MR) is 77.2 cm³/mol. The van der Waals surface area contributed by atoms with Gasteiger partial charge in [-0.15, -0.1) is 0 Å². The number of allylic oxidation sites excluding steroid dienone is 2. The van der Waals surface area contributed by atoms with Crippen molar-refractivity contribution in [3.63, 3.8) is 0 Å². The van der Waals surface area contributed by atoms with Crippen LogP contribution in [0, 0.1) is 11.3 Å². The van der Waals surface area contributed by atoms with Gasteiger partial charge in [-0.1, -0.05) is 19.1 Å². The van der Waals surface area contributed by atoms with Gasteiger partial charge < -0.3 is 10.2 Å². The third-order valence-electron chi connectivity index (χ3n) is 5.39. The highest BCUT2D eigenvalue weighted by atomic mass is 19.4. The highest BCUT2D eigenvalue weighted by Crippen LogP contribution is 2.53. The molecule has 0 heterocycles. The van der Waals surface area contributed by atoms with E-state index in [1.807, 2.05) is 13.0 Å². The van der Waals surface area contributed by atoms with E-state index in [0.29, 0.717) is 24.8 Å². The van der Waals surface area contributed by atoms with Gasteiger partial charge in [0, 0.05) is 5.41 Å². The topological polar surface area (TPSA) is 40.5 Å². The van der Waals surface area contributed by atoms with Crippen molar-refractivity contribution >= 4 is 5.57 Å². The lowest BCUT2D eigenvalue weighted by atomic mass is 9.68. The molecule has 3 rings (SSSR count). The Labute approximate surface area is 127 Å². The third-order valence-corrected chi connectivity index (χ3v) is 5.39. The zero-order valence-corrected chi connectivity index (χ0v) is 12.3. The number of aliphatic hydroxyl groups excluding tert-OH is 1. The summed E-state index contributed by atoms with van der Waals surface area (Å²) in [6, 6.07) is 3.42. The van der Waals surface area contributed by atoms with Crippen LogP contribution in [0.2, 0.25) is 0 Å². The molecule has 2 nitrogen and oxygen atoms in total. The molecule has 0 saturated heterocycles. The minimum absolute atomic E-state index is 0.147. The van der Waals surface area contributed by atoms with Crippen molar-refractivity contribution in [3.05, 3.63) is 35.4 Å². The molecule has 2 aliphatic rings. The number of aliphatic hydroxyl groups is 1. The number of benzene rings is 1. The summed E-state index contributed by atoms with van der Waals surface area (Å²) in [7, 11) is 0. The highest BCUT2D eigenvalue weighted by molar-refractivity contribution is 5.71. The van der Waals surface area contributed by atoms with Crippen LogP contribution in [0.15, 0.2) is 24.3 Å². The van der Waals surface area contributed by atoms with E-state index in [2.05, 4.69) is 0 Å². The lowest BCUT2D eigenvalue weighted by Gasteiger charge is -2.38. The summed E-state index contributed by atoms with van der Waals surface area (Å²) in [6.45, 7) is 2.02. The largest absolute Gasteiger partial charge is 0.508 e. The molecule has 3 atom stereocenters. The zero-order chi connectivity index (χ0) is 16.1. The average Bonchev–Trinajstić information content (AvgIpc) is 2.73. The third kappa shape index (κ3) is 2.41. The first-order chi connectivity index (χ1) is 10.2. The molecule has 5 heteroatoms. The monoisotopic (exact) mass is 312 g/mol. The van der Waals surface area contributed by atoms with Gasteiger partial charge in [-0.2, -0.15) is 13.2 Å². The first-order valence-electron chi connectivity index (χ1n) is 7.49. The molecule has 0 aromatic heterocycles. The summed E-state index contributed by atoms with van der Waals surface area (Å²) in [6.07, 6.45) is -0.360. The van der Waals surface area contributed by atoms with Crippen LogP contribution in [0.1, 0.15) is 43.7 Å². The van der Waals surface area contributed by atoms with E-state index in [1.54, 1.807) is 0 Å². The molecule has 1 fully saturated rings. The molecule has 120 valence electrons. The molecule has 1 aromatic rings. The molecule has 22 heavy (non-hydrogen) atoms. The van der Waals surface area contributed by atoms with Crippen molar-refractivity contribution in [2.24, 2.45) is 11.3 Å². The molecular weight excluding hydrogens is 293 g/mol. The number of fused-ring (bicyclic) bond motifs is 1. The Morgan fingerprint density at radius 1 is 1.23 bits per heavy atom. The Morgan fingerprint density at radius 2 is 1.95 bits per heavy atom. The fourth-order valence-electron chi connectivity index (χ4n) is 3.89. The summed E-state index contributed by atoms with van der Waals surface area (Å²) in [4.78, 5) is 0. The van der Waals surface area contributed by atoms with Crippen LogP contribution in [0.4, 0.5) is 13.2 Å². The zero-order valence-electron chi connectivity index (χ0n) is 12.3. The van der Waals surface area contributed by atoms with Gasteiger partial charge >= 0.3 is 6.18 Å². The Hall–Kier alpha value is -1.49. The fourth-order valence-corrected chi connectivity index (χ4v) is 3.89. The first-order valence-corrected chi connectivity index (χ1v) is 7.49. The van der Waals surface area contributed by atoms with E-state index >= 15 is 0 Å². The summed E-state index contributed by atoms with van der Waals surface area (Å²) < 4.78 is 39.6. The predicted octanol–water partition coefficient (Wildman–Crippen LogP) is 4.37. The van der Waals surface area contributed by atoms with Crippen LogP contribution < -0.4 is 0 Å². The van der Waals surface area contributed by atoms with Gasteiger partial charge in [0.05, 0.1) is 11.7 Å². The summed E-state index contributed by atoms with van der Waals surface area (Å²) in [5.41, 5.74) is -0.197. The molecule has 0 bridgehead atoms. The summed E-state index contributed by atoms with van der Waals surface area (Å²) in [5.74, 6) is -0.175. The molecule has 0 amide bonds. The van der Waals surface area contributed by atoms with Crippen LogP contribution in [0.25, 0.3) is 5.57 Å². The van der Waals surface area contributed by atoms with E-state index < -0.39 is 11.7 Å². The van der Waals surface area contributed by atoms with Crippen LogP contribution in [-0.4, -0.2) is 16.3 Å². The van der Waals surface area contributed by atoms with Gasteiger partial charge in [0.2, 0.25) is 0 Å². The standard InChI is InChI=1S/C17H19F3O2/c1-16-7-6-10(8-11(16)2-5-15(16)22)13-4-3-12(21)9-14(13)17(18,19)20/h3-4,6,9,11,15,21-22H,2,5,7-8H2,1H3/t11-,15+,16+/m1/s1. The van der Waals surface area contributed by atoms with Crippen molar-refractivity contribution in [1.82, 2.24) is 0 Å². The van der Waals surface area contributed by atoms with Crippen molar-refractivity contribution < 1.29 is 23.4 Å². The van der Waals surface area contributed by atoms with Gasteiger partial charge in [-0.3, -0.25) is 0 Å². The molecule has 0 spiro atoms. The van der Waals surface area contributed by atoms with Crippen molar-refractivity contribution in [1.29, 1.82) is 0 Å². The highest BCUT2D eigenvalue weighted by Gasteiger charge is 2.47. The van der Waals surface area contributed by atoms with Gasteiger partial charge in [0.25, 0.3) is 0 Å². The Kier molecular flexibility index (Phi) is 3.51. The van der Waals surface area contributed by atoms with Crippen LogP contribution in [0.3, 0.4) is 0 Å². The van der Waals surface area contributed by atoms with Crippen molar-refractivity contribution in [2.75, 3.05) is 0 Å². The number of aromatic hydroxyl groups is 1. The fraction of sp³-hybridized carbons (Fsp3) is 0.529. The number of hydrogen-bond donors (Lipinski definition) is 2. The minimum Gasteiger partial charge on any atom is -0.508 e. The average molecular weight is 312 g/mol. The molecule has 2 N–H and O–H groups in total. The van der Waals surface area contributed by atoms with Gasteiger partial charge in [0.1, 0.15) is 5.75 Å². The second-order valence-corrected chi connectivity index (χ2v) is 6.66. The van der Waals surface area contributed by atoms with Crippen LogP contribution in [0.5, 0.6) is 5.75 Å². The van der Waals surface area contributed by atoms with Crippen LogP contribution in [-0.2, 0) is 6.18 Å². The summed E-state index contributed by atoms with van der Waals surface area (Å²) >= 11 is 0. The SMILES string of the molecule is C[C@]12CC=C(c3ccc(O)cc3C(F)(F)F)C[C@H]1CC[C@@H]2O. The number of hydrogen-bond acceptors (Lipinski definition) is 2. The van der Waals surface area contributed by atoms with E-state index in [-0.39, 0.29) is 28.7 Å². The number of rotatable bonds is 1. The van der Waals surface area contributed by atoms with Gasteiger partial charge in [-0.05, 0) is 54.9 Å². The molecular formula is C17H19F3O2. The summed E-state index contributed by atoms with van der Waals surface area (Å²) in [5, 5.41) is 19.5. The number of phenolic OH excluding ortho intramolecular Hbond substituents is 1. The Bertz CT molecular complexity index is 621. The lowest BCUT2D eigenvalue weighted by Crippen LogP contribution is -2.34. The van der Waals surface area contributed by atoms with Crippen molar-refractivity contribution in [3.8, 4) is 5.75 Å². The molecule has 0 radical (unpaired) electrons. The maximum absolute atomic E-state index is 13.2. The minimum atomic E-state index is -4.50. The molecule has 2 aliphatic carbocycles. The first kappa shape index (κ1) is 15.4. The Balaban J connectivity index is 2.00. The second kappa shape index (κ2) is 5.01. The number of phenols is 1. The van der Waals surface area contributed by atoms with E-state index in [9.17, 15) is 23.4 Å². The molecule has 0 aliphatic heterocycles. The molecule has 0 unspecified atom stereocenters. The lowest BCUT2D eigenvalue weighted by molar-refractivity contribution is -0.137. The van der Waals surface area contributed by atoms with E-state index in [1.165, 1.54) is 12.1 Å². The molecule has 1 saturated carbocycles. The quantitative estimate of drug-likeness (QED) is 0.808. The maximum atomic E-state index is 13.2. The van der Waals surface area contributed by atoms with E-state index in [0.717, 1.165) is 12.5 Å². The van der Waals surface area contributed by atoms with Gasteiger partial charge in [-0.25, -0.2) is 0 Å². The van der Waals surface area contributed by atoms with Crippen molar-refractivity contribution in [2.45, 2.75) is 44.9 Å². The normalized spacial score (nSPS) is 31.8. The Morgan fingerprint density at radius 3 is 2.64 bits per heavy atom. The smallest absolute Gasteiger partial charge is 0.417 e. The van der Waals surface area contributed by atoms with Gasteiger partial charge in [0.15, 0.2) is 0 Å². The number of alkyl halides is 3. The van der Waals surface area contributed by atoms with Crippen LogP contribution >= 0.6 is 0 Å². The number of halogens is 3. The molecule has 1 aromatic carbocycles. The second-order valence-electron chi connectivity index (χ2n) is 6.66. The van der Waals surface area contributed by atoms with E-state index in [4.69, 9.17) is 0 Å². The maximum Gasteiger partial charge on any atom is 0.417 e.